The predicted molar refractivity (Wildman–Crippen MR) is 71.7 cm³/mol. The topological polar surface area (TPSA) is 75.6 Å². The van der Waals surface area contributed by atoms with Crippen molar-refractivity contribution in [1.82, 2.24) is 5.32 Å². The van der Waals surface area contributed by atoms with Gasteiger partial charge in [-0.3, -0.25) is 4.79 Å². The van der Waals surface area contributed by atoms with Crippen molar-refractivity contribution in [1.29, 1.82) is 0 Å². The number of hydrogen-bond donors (Lipinski definition) is 2. The van der Waals surface area contributed by atoms with Crippen molar-refractivity contribution in [2.24, 2.45) is 0 Å². The summed E-state index contributed by atoms with van der Waals surface area (Å²) in [6, 6.07) is 3.45. The summed E-state index contributed by atoms with van der Waals surface area (Å²) in [5, 5.41) is 11.9. The van der Waals surface area contributed by atoms with Gasteiger partial charge >= 0.3 is 5.97 Å². The van der Waals surface area contributed by atoms with Crippen LogP contribution in [0.2, 0.25) is 0 Å². The Labute approximate surface area is 112 Å². The maximum atomic E-state index is 12.1. The summed E-state index contributed by atoms with van der Waals surface area (Å²) >= 11 is 0. The number of carboxylic acid groups (broad SMARTS) is 1. The number of nitrogens with one attached hydrogen (secondary N) is 1. The standard InChI is InChI=1S/C14H19NO4/c1-4-19-8-7-15-13(16)11-9(2)5-6-10(3)12(11)14(17)18/h5-6H,4,7-8H2,1-3H3,(H,15,16)(H,17,18). The maximum Gasteiger partial charge on any atom is 0.336 e. The zero-order valence-electron chi connectivity index (χ0n) is 11.4. The van der Waals surface area contributed by atoms with Crippen LogP contribution in [0.1, 0.15) is 38.8 Å². The second kappa shape index (κ2) is 6.89. The van der Waals surface area contributed by atoms with Gasteiger partial charge in [-0.1, -0.05) is 12.1 Å². The van der Waals surface area contributed by atoms with E-state index in [-0.39, 0.29) is 17.0 Å². The quantitative estimate of drug-likeness (QED) is 0.769. The number of rotatable bonds is 6. The molecule has 1 rings (SSSR count). The van der Waals surface area contributed by atoms with Gasteiger partial charge in [-0.15, -0.1) is 0 Å². The number of carbonyl (C=O) groups excluding carboxylic acids is 1. The second-order valence-electron chi connectivity index (χ2n) is 4.21. The number of carbonyl (C=O) groups is 2. The van der Waals surface area contributed by atoms with Gasteiger partial charge in [-0.05, 0) is 31.9 Å². The number of ether oxygens (including phenoxy) is 1. The largest absolute Gasteiger partial charge is 0.478 e. The Kier molecular flexibility index (Phi) is 5.51. The van der Waals surface area contributed by atoms with Gasteiger partial charge in [0.2, 0.25) is 0 Å². The van der Waals surface area contributed by atoms with Gasteiger partial charge in [-0.2, -0.15) is 0 Å². The molecule has 0 unspecified atom stereocenters. The molecule has 0 heterocycles. The van der Waals surface area contributed by atoms with E-state index in [1.54, 1.807) is 26.0 Å². The molecule has 0 atom stereocenters. The van der Waals surface area contributed by atoms with E-state index in [4.69, 9.17) is 4.74 Å². The number of benzene rings is 1. The first-order valence-corrected chi connectivity index (χ1v) is 6.18. The molecule has 1 aromatic rings. The van der Waals surface area contributed by atoms with Gasteiger partial charge in [0.25, 0.3) is 5.91 Å². The summed E-state index contributed by atoms with van der Waals surface area (Å²) in [5.74, 6) is -1.46. The fourth-order valence-corrected chi connectivity index (χ4v) is 1.85. The lowest BCUT2D eigenvalue weighted by molar-refractivity contribution is 0.0689. The second-order valence-corrected chi connectivity index (χ2v) is 4.21. The molecule has 5 heteroatoms. The van der Waals surface area contributed by atoms with Crippen molar-refractivity contribution in [3.63, 3.8) is 0 Å². The van der Waals surface area contributed by atoms with Crippen molar-refractivity contribution in [3.05, 3.63) is 34.4 Å². The molecule has 2 N–H and O–H groups in total. The first-order valence-electron chi connectivity index (χ1n) is 6.18. The lowest BCUT2D eigenvalue weighted by Gasteiger charge is -2.12. The van der Waals surface area contributed by atoms with Gasteiger partial charge in [-0.25, -0.2) is 4.79 Å². The highest BCUT2D eigenvalue weighted by atomic mass is 16.5. The molecule has 0 aliphatic carbocycles. The van der Waals surface area contributed by atoms with E-state index in [0.717, 1.165) is 0 Å². The Morgan fingerprint density at radius 1 is 1.21 bits per heavy atom. The predicted octanol–water partition coefficient (Wildman–Crippen LogP) is 1.77. The molecule has 0 fully saturated rings. The smallest absolute Gasteiger partial charge is 0.336 e. The minimum absolute atomic E-state index is 0.0638. The summed E-state index contributed by atoms with van der Waals surface area (Å²) < 4.78 is 5.12. The molecule has 0 radical (unpaired) electrons. The summed E-state index contributed by atoms with van der Waals surface area (Å²) in [4.78, 5) is 23.3. The van der Waals surface area contributed by atoms with Crippen molar-refractivity contribution >= 4 is 11.9 Å². The van der Waals surface area contributed by atoms with Gasteiger partial charge in [0.1, 0.15) is 0 Å². The molecule has 0 aliphatic heterocycles. The highest BCUT2D eigenvalue weighted by Crippen LogP contribution is 2.18. The average Bonchev–Trinajstić information content (AvgIpc) is 2.36. The Morgan fingerprint density at radius 2 is 1.79 bits per heavy atom. The van der Waals surface area contributed by atoms with Crippen molar-refractivity contribution in [2.75, 3.05) is 19.8 Å². The molecule has 0 bridgehead atoms. The summed E-state index contributed by atoms with van der Waals surface area (Å²) in [6.07, 6.45) is 0. The minimum Gasteiger partial charge on any atom is -0.478 e. The molecular formula is C14H19NO4. The van der Waals surface area contributed by atoms with Crippen LogP contribution < -0.4 is 5.32 Å². The number of aromatic carboxylic acids is 1. The zero-order valence-corrected chi connectivity index (χ0v) is 11.4. The van der Waals surface area contributed by atoms with Crippen LogP contribution >= 0.6 is 0 Å². The molecule has 104 valence electrons. The Morgan fingerprint density at radius 3 is 2.32 bits per heavy atom. The van der Waals surface area contributed by atoms with Gasteiger partial charge in [0.05, 0.1) is 17.7 Å². The molecule has 0 spiro atoms. The van der Waals surface area contributed by atoms with E-state index in [2.05, 4.69) is 5.32 Å². The molecular weight excluding hydrogens is 246 g/mol. The van der Waals surface area contributed by atoms with Crippen molar-refractivity contribution in [2.45, 2.75) is 20.8 Å². The Bertz CT molecular complexity index is 483. The van der Waals surface area contributed by atoms with Crippen LogP contribution in [-0.4, -0.2) is 36.7 Å². The van der Waals surface area contributed by atoms with E-state index in [0.29, 0.717) is 30.9 Å². The van der Waals surface area contributed by atoms with Crippen LogP contribution in [-0.2, 0) is 4.74 Å². The zero-order chi connectivity index (χ0) is 14.4. The lowest BCUT2D eigenvalue weighted by atomic mass is 9.96. The first kappa shape index (κ1) is 15.2. The monoisotopic (exact) mass is 265 g/mol. The average molecular weight is 265 g/mol. The number of carboxylic acids is 1. The molecule has 5 nitrogen and oxygen atoms in total. The summed E-state index contributed by atoms with van der Waals surface area (Å²) in [7, 11) is 0. The van der Waals surface area contributed by atoms with Crippen molar-refractivity contribution < 1.29 is 19.4 Å². The van der Waals surface area contributed by atoms with E-state index in [1.807, 2.05) is 6.92 Å². The highest BCUT2D eigenvalue weighted by Gasteiger charge is 2.20. The maximum absolute atomic E-state index is 12.1. The van der Waals surface area contributed by atoms with Crippen molar-refractivity contribution in [3.8, 4) is 0 Å². The molecule has 0 saturated carbocycles. The summed E-state index contributed by atoms with van der Waals surface area (Å²) in [6.45, 7) is 6.63. The normalized spacial score (nSPS) is 10.3. The number of amides is 1. The van der Waals surface area contributed by atoms with Crippen LogP contribution in [0.3, 0.4) is 0 Å². The van der Waals surface area contributed by atoms with Gasteiger partial charge in [0.15, 0.2) is 0 Å². The third-order valence-electron chi connectivity index (χ3n) is 2.80. The fourth-order valence-electron chi connectivity index (χ4n) is 1.85. The molecule has 1 aromatic carbocycles. The van der Waals surface area contributed by atoms with Crippen LogP contribution in [0.4, 0.5) is 0 Å². The molecule has 19 heavy (non-hydrogen) atoms. The molecule has 0 aromatic heterocycles. The molecule has 0 saturated heterocycles. The first-order chi connectivity index (χ1) is 8.99. The minimum atomic E-state index is -1.09. The van der Waals surface area contributed by atoms with E-state index < -0.39 is 5.97 Å². The van der Waals surface area contributed by atoms with Crippen LogP contribution in [0.15, 0.2) is 12.1 Å². The lowest BCUT2D eigenvalue weighted by Crippen LogP contribution is -2.29. The summed E-state index contributed by atoms with van der Waals surface area (Å²) in [5.41, 5.74) is 1.52. The van der Waals surface area contributed by atoms with Gasteiger partial charge < -0.3 is 15.2 Å². The Hall–Kier alpha value is -1.88. The molecule has 0 aliphatic rings. The fraction of sp³-hybridized carbons (Fsp3) is 0.429. The number of hydrogen-bond acceptors (Lipinski definition) is 3. The third-order valence-corrected chi connectivity index (χ3v) is 2.80. The van der Waals surface area contributed by atoms with Gasteiger partial charge in [0, 0.05) is 13.2 Å². The van der Waals surface area contributed by atoms with E-state index in [1.165, 1.54) is 0 Å². The van der Waals surface area contributed by atoms with E-state index in [9.17, 15) is 14.7 Å². The van der Waals surface area contributed by atoms with Crippen LogP contribution in [0.25, 0.3) is 0 Å². The Balaban J connectivity index is 2.95. The SMILES string of the molecule is CCOCCNC(=O)c1c(C)ccc(C)c1C(=O)O. The number of aryl methyl sites for hydroxylation is 2. The van der Waals surface area contributed by atoms with E-state index >= 15 is 0 Å². The highest BCUT2D eigenvalue weighted by molar-refractivity contribution is 6.06. The third kappa shape index (κ3) is 3.79. The van der Waals surface area contributed by atoms with Crippen LogP contribution in [0, 0.1) is 13.8 Å². The van der Waals surface area contributed by atoms with Crippen LogP contribution in [0.5, 0.6) is 0 Å². The molecule has 1 amide bonds.